The molecule has 1 amide bonds. The van der Waals surface area contributed by atoms with Gasteiger partial charge >= 0.3 is 0 Å². The van der Waals surface area contributed by atoms with Crippen LogP contribution in [-0.4, -0.2) is 26.8 Å². The minimum absolute atomic E-state index is 0.100. The molecule has 2 aromatic heterocycles. The van der Waals surface area contributed by atoms with Crippen molar-refractivity contribution in [3.8, 4) is 0 Å². The second kappa shape index (κ2) is 8.16. The standard InChI is InChI=1S/C25H19FN6O/c1-15-6-12-18(13-7-15)29-25(33)21-22-24(31-20-5-3-2-4-19(20)30-22)32(23(21)27)28-14-16-8-10-17(26)11-9-16/h2-14H,27H2,1H3,(H,29,33). The summed E-state index contributed by atoms with van der Waals surface area (Å²) in [5, 5.41) is 7.29. The molecule has 0 spiro atoms. The molecule has 8 heteroatoms. The van der Waals surface area contributed by atoms with Crippen LogP contribution in [0, 0.1) is 12.7 Å². The molecule has 0 fully saturated rings. The molecule has 5 rings (SSSR count). The number of hydrogen-bond donors (Lipinski definition) is 2. The molecule has 0 bridgehead atoms. The molecule has 33 heavy (non-hydrogen) atoms. The van der Waals surface area contributed by atoms with E-state index in [4.69, 9.17) is 5.73 Å². The van der Waals surface area contributed by atoms with Gasteiger partial charge in [-0.1, -0.05) is 42.0 Å². The van der Waals surface area contributed by atoms with E-state index in [1.165, 1.54) is 23.0 Å². The number of nitrogens with zero attached hydrogens (tertiary/aromatic N) is 4. The molecule has 5 aromatic rings. The zero-order valence-electron chi connectivity index (χ0n) is 17.7. The number of benzene rings is 3. The van der Waals surface area contributed by atoms with Gasteiger partial charge in [-0.2, -0.15) is 9.78 Å². The summed E-state index contributed by atoms with van der Waals surface area (Å²) in [5.74, 6) is -0.657. The van der Waals surface area contributed by atoms with Gasteiger partial charge in [0, 0.05) is 5.69 Å². The van der Waals surface area contributed by atoms with Gasteiger partial charge in [0.15, 0.2) is 5.65 Å². The van der Waals surface area contributed by atoms with Gasteiger partial charge in [-0.25, -0.2) is 14.4 Å². The third-order valence-electron chi connectivity index (χ3n) is 5.20. The van der Waals surface area contributed by atoms with Crippen molar-refractivity contribution in [2.24, 2.45) is 5.10 Å². The van der Waals surface area contributed by atoms with Crippen LogP contribution in [0.4, 0.5) is 15.9 Å². The first kappa shape index (κ1) is 20.3. The molecule has 0 aliphatic heterocycles. The van der Waals surface area contributed by atoms with Crippen molar-refractivity contribution < 1.29 is 9.18 Å². The fourth-order valence-electron chi connectivity index (χ4n) is 3.49. The van der Waals surface area contributed by atoms with Gasteiger partial charge in [-0.15, -0.1) is 0 Å². The van der Waals surface area contributed by atoms with Crippen LogP contribution in [0.1, 0.15) is 21.5 Å². The summed E-state index contributed by atoms with van der Waals surface area (Å²) in [4.78, 5) is 22.5. The second-order valence-electron chi connectivity index (χ2n) is 7.57. The first-order valence-corrected chi connectivity index (χ1v) is 10.2. The van der Waals surface area contributed by atoms with Gasteiger partial charge < -0.3 is 11.1 Å². The van der Waals surface area contributed by atoms with Gasteiger partial charge in [-0.3, -0.25) is 4.79 Å². The van der Waals surface area contributed by atoms with Crippen molar-refractivity contribution in [3.63, 3.8) is 0 Å². The number of amides is 1. The maximum atomic E-state index is 13.2. The largest absolute Gasteiger partial charge is 0.383 e. The second-order valence-corrected chi connectivity index (χ2v) is 7.57. The fourth-order valence-corrected chi connectivity index (χ4v) is 3.49. The van der Waals surface area contributed by atoms with Gasteiger partial charge in [0.2, 0.25) is 0 Å². The average molecular weight is 438 g/mol. The van der Waals surface area contributed by atoms with Crippen molar-refractivity contribution in [1.82, 2.24) is 14.6 Å². The molecule has 162 valence electrons. The Bertz CT molecular complexity index is 1520. The summed E-state index contributed by atoms with van der Waals surface area (Å²) in [6.07, 6.45) is 1.52. The highest BCUT2D eigenvalue weighted by atomic mass is 19.1. The number of anilines is 2. The average Bonchev–Trinajstić information content (AvgIpc) is 3.09. The van der Waals surface area contributed by atoms with E-state index >= 15 is 0 Å². The SMILES string of the molecule is Cc1ccc(NC(=O)c2c(N)n(N=Cc3ccc(F)cc3)c3nc4ccccc4nc23)cc1. The monoisotopic (exact) mass is 438 g/mol. The van der Waals surface area contributed by atoms with Crippen LogP contribution in [0.25, 0.3) is 22.2 Å². The highest BCUT2D eigenvalue weighted by molar-refractivity contribution is 6.16. The number of rotatable bonds is 4. The third-order valence-corrected chi connectivity index (χ3v) is 5.20. The number of para-hydroxylation sites is 2. The fraction of sp³-hybridized carbons (Fsp3) is 0.0400. The number of aryl methyl sites for hydroxylation is 1. The molecule has 7 nitrogen and oxygen atoms in total. The number of fused-ring (bicyclic) bond motifs is 2. The van der Waals surface area contributed by atoms with Gasteiger partial charge in [-0.05, 0) is 48.9 Å². The number of carbonyl (C=O) groups excluding carboxylic acids is 1. The van der Waals surface area contributed by atoms with Crippen molar-refractivity contribution in [2.45, 2.75) is 6.92 Å². The minimum atomic E-state index is -0.415. The lowest BCUT2D eigenvalue weighted by molar-refractivity contribution is 0.102. The minimum Gasteiger partial charge on any atom is -0.383 e. The normalized spacial score (nSPS) is 11.5. The first-order valence-electron chi connectivity index (χ1n) is 10.2. The maximum absolute atomic E-state index is 13.2. The molecule has 0 atom stereocenters. The molecular weight excluding hydrogens is 419 g/mol. The lowest BCUT2D eigenvalue weighted by Crippen LogP contribution is -2.14. The number of nitrogens with two attached hydrogens (primary N) is 1. The molecule has 0 saturated heterocycles. The predicted octanol–water partition coefficient (Wildman–Crippen LogP) is 4.75. The molecular formula is C25H19FN6O. The quantitative estimate of drug-likeness (QED) is 0.396. The van der Waals surface area contributed by atoms with Crippen LogP contribution in [-0.2, 0) is 0 Å². The number of nitrogen functional groups attached to an aromatic ring is 1. The number of halogens is 1. The van der Waals surface area contributed by atoms with Gasteiger partial charge in [0.05, 0.1) is 17.2 Å². The Morgan fingerprint density at radius 1 is 1.00 bits per heavy atom. The Labute approximate surface area is 188 Å². The Kier molecular flexibility index (Phi) is 5.02. The summed E-state index contributed by atoms with van der Waals surface area (Å²) in [5.41, 5.74) is 10.9. The molecule has 0 radical (unpaired) electrons. The molecule has 0 saturated carbocycles. The highest BCUT2D eigenvalue weighted by Gasteiger charge is 2.24. The van der Waals surface area contributed by atoms with Crippen molar-refractivity contribution >= 4 is 45.8 Å². The summed E-state index contributed by atoms with van der Waals surface area (Å²) in [6, 6.07) is 20.6. The van der Waals surface area contributed by atoms with Crippen molar-refractivity contribution in [1.29, 1.82) is 0 Å². The van der Waals surface area contributed by atoms with Gasteiger partial charge in [0.25, 0.3) is 5.91 Å². The van der Waals surface area contributed by atoms with E-state index in [-0.39, 0.29) is 17.2 Å². The Hall–Kier alpha value is -4.59. The van der Waals surface area contributed by atoms with Crippen LogP contribution < -0.4 is 11.1 Å². The van der Waals surface area contributed by atoms with E-state index in [1.807, 2.05) is 55.5 Å². The highest BCUT2D eigenvalue weighted by Crippen LogP contribution is 2.28. The molecule has 2 heterocycles. The van der Waals surface area contributed by atoms with E-state index in [2.05, 4.69) is 20.4 Å². The van der Waals surface area contributed by atoms with Gasteiger partial charge in [0.1, 0.15) is 22.7 Å². The summed E-state index contributed by atoms with van der Waals surface area (Å²) < 4.78 is 14.6. The van der Waals surface area contributed by atoms with E-state index in [1.54, 1.807) is 12.1 Å². The van der Waals surface area contributed by atoms with E-state index in [0.717, 1.165) is 5.56 Å². The van der Waals surface area contributed by atoms with E-state index < -0.39 is 5.91 Å². The zero-order chi connectivity index (χ0) is 22.9. The van der Waals surface area contributed by atoms with Crippen LogP contribution in [0.3, 0.4) is 0 Å². The molecule has 0 unspecified atom stereocenters. The number of carbonyl (C=O) groups is 1. The Morgan fingerprint density at radius 2 is 1.67 bits per heavy atom. The topological polar surface area (TPSA) is 98.2 Å². The van der Waals surface area contributed by atoms with Crippen LogP contribution in [0.2, 0.25) is 0 Å². The van der Waals surface area contributed by atoms with E-state index in [0.29, 0.717) is 33.4 Å². The van der Waals surface area contributed by atoms with Crippen LogP contribution in [0.5, 0.6) is 0 Å². The Balaban J connectivity index is 1.65. The molecule has 3 N–H and O–H groups in total. The zero-order valence-corrected chi connectivity index (χ0v) is 17.7. The number of aromatic nitrogens is 3. The first-order chi connectivity index (χ1) is 16.0. The van der Waals surface area contributed by atoms with E-state index in [9.17, 15) is 9.18 Å². The Morgan fingerprint density at radius 3 is 2.36 bits per heavy atom. The molecule has 0 aliphatic carbocycles. The predicted molar refractivity (Wildman–Crippen MR) is 128 cm³/mol. The molecule has 3 aromatic carbocycles. The number of nitrogens with one attached hydrogen (secondary N) is 1. The number of hydrogen-bond acceptors (Lipinski definition) is 5. The summed E-state index contributed by atoms with van der Waals surface area (Å²) in [6.45, 7) is 1.97. The smallest absolute Gasteiger partial charge is 0.261 e. The maximum Gasteiger partial charge on any atom is 0.261 e. The molecule has 0 aliphatic rings. The van der Waals surface area contributed by atoms with Crippen molar-refractivity contribution in [3.05, 3.63) is 95.3 Å². The third kappa shape index (κ3) is 3.89. The van der Waals surface area contributed by atoms with Crippen LogP contribution >= 0.6 is 0 Å². The summed E-state index contributed by atoms with van der Waals surface area (Å²) in [7, 11) is 0. The lowest BCUT2D eigenvalue weighted by atomic mass is 10.2. The lowest BCUT2D eigenvalue weighted by Gasteiger charge is -2.06. The van der Waals surface area contributed by atoms with Crippen molar-refractivity contribution in [2.75, 3.05) is 11.1 Å². The van der Waals surface area contributed by atoms with Crippen LogP contribution in [0.15, 0.2) is 77.9 Å². The summed E-state index contributed by atoms with van der Waals surface area (Å²) >= 11 is 0.